The van der Waals surface area contributed by atoms with Crippen LogP contribution in [0.15, 0.2) is 25.3 Å². The molecular formula is C20H30N2O5. The molecule has 2 rings (SSSR count). The zero-order valence-electron chi connectivity index (χ0n) is 15.7. The maximum atomic E-state index is 12.7. The van der Waals surface area contributed by atoms with Crippen molar-refractivity contribution in [2.45, 2.75) is 56.6 Å². The minimum atomic E-state index is -1.32. The largest absolute Gasteiger partial charge is 0.479 e. The lowest BCUT2D eigenvalue weighted by Gasteiger charge is -2.21. The number of hydrogen-bond donors (Lipinski definition) is 4. The molecule has 0 aliphatic heterocycles. The van der Waals surface area contributed by atoms with Gasteiger partial charge in [0.2, 0.25) is 11.8 Å². The predicted molar refractivity (Wildman–Crippen MR) is 101 cm³/mol. The Morgan fingerprint density at radius 2 is 1.74 bits per heavy atom. The van der Waals surface area contributed by atoms with Crippen molar-refractivity contribution >= 4 is 17.8 Å². The molecule has 5 atom stereocenters. The van der Waals surface area contributed by atoms with Gasteiger partial charge >= 0.3 is 5.97 Å². The maximum Gasteiger partial charge on any atom is 0.330 e. The van der Waals surface area contributed by atoms with Crippen LogP contribution in [0.1, 0.15) is 44.9 Å². The number of amides is 2. The maximum absolute atomic E-state index is 12.7. The third-order valence-electron chi connectivity index (χ3n) is 5.62. The van der Waals surface area contributed by atoms with Crippen LogP contribution in [-0.2, 0) is 14.4 Å². The number of aliphatic hydroxyl groups is 1. The second kappa shape index (κ2) is 9.17. The molecule has 0 saturated heterocycles. The van der Waals surface area contributed by atoms with Gasteiger partial charge in [-0.2, -0.15) is 0 Å². The molecule has 0 spiro atoms. The van der Waals surface area contributed by atoms with Gasteiger partial charge in [-0.15, -0.1) is 13.2 Å². The summed E-state index contributed by atoms with van der Waals surface area (Å²) in [5.74, 6) is -3.50. The number of nitrogens with one attached hydrogen (secondary N) is 2. The fraction of sp³-hybridized carbons (Fsp3) is 0.650. The first-order chi connectivity index (χ1) is 12.9. The molecule has 0 aromatic carbocycles. The average molecular weight is 378 g/mol. The summed E-state index contributed by atoms with van der Waals surface area (Å²) in [5.41, 5.74) is -1.32. The SMILES string of the molecule is C=CCCCCCNC(=O)C1CC(O)CC1C(=O)NC1(C(=O)O)CC1C=C. The summed E-state index contributed by atoms with van der Waals surface area (Å²) in [4.78, 5) is 36.7. The van der Waals surface area contributed by atoms with E-state index in [0.717, 1.165) is 25.7 Å². The number of unbranched alkanes of at least 4 members (excludes halogenated alkanes) is 3. The third-order valence-corrected chi connectivity index (χ3v) is 5.62. The summed E-state index contributed by atoms with van der Waals surface area (Å²) >= 11 is 0. The minimum Gasteiger partial charge on any atom is -0.479 e. The summed E-state index contributed by atoms with van der Waals surface area (Å²) in [6.07, 6.45) is 7.12. The second-order valence-corrected chi connectivity index (χ2v) is 7.58. The number of rotatable bonds is 11. The molecule has 0 radical (unpaired) electrons. The van der Waals surface area contributed by atoms with Crippen molar-refractivity contribution in [2.24, 2.45) is 17.8 Å². The quantitative estimate of drug-likeness (QED) is 0.320. The van der Waals surface area contributed by atoms with Gasteiger partial charge in [-0.05, 0) is 38.5 Å². The molecule has 0 aromatic rings. The highest BCUT2D eigenvalue weighted by atomic mass is 16.4. The zero-order chi connectivity index (χ0) is 20.0. The molecule has 27 heavy (non-hydrogen) atoms. The number of carboxylic acid groups (broad SMARTS) is 1. The molecule has 5 unspecified atom stereocenters. The van der Waals surface area contributed by atoms with Crippen LogP contribution in [-0.4, -0.2) is 46.2 Å². The van der Waals surface area contributed by atoms with E-state index in [1.165, 1.54) is 6.08 Å². The Morgan fingerprint density at radius 3 is 2.30 bits per heavy atom. The van der Waals surface area contributed by atoms with E-state index in [2.05, 4.69) is 23.8 Å². The van der Waals surface area contributed by atoms with Crippen LogP contribution in [0.25, 0.3) is 0 Å². The zero-order valence-corrected chi connectivity index (χ0v) is 15.7. The van der Waals surface area contributed by atoms with Crippen molar-refractivity contribution < 1.29 is 24.6 Å². The lowest BCUT2D eigenvalue weighted by Crippen LogP contribution is -2.49. The molecule has 150 valence electrons. The van der Waals surface area contributed by atoms with Crippen molar-refractivity contribution in [3.05, 3.63) is 25.3 Å². The molecule has 0 bridgehead atoms. The number of aliphatic hydroxyl groups excluding tert-OH is 1. The topological polar surface area (TPSA) is 116 Å². The molecule has 7 nitrogen and oxygen atoms in total. The third kappa shape index (κ3) is 4.97. The molecule has 2 aliphatic carbocycles. The van der Waals surface area contributed by atoms with Gasteiger partial charge < -0.3 is 20.8 Å². The van der Waals surface area contributed by atoms with E-state index in [0.29, 0.717) is 13.0 Å². The van der Waals surface area contributed by atoms with Crippen LogP contribution in [0.4, 0.5) is 0 Å². The van der Waals surface area contributed by atoms with Gasteiger partial charge in [-0.25, -0.2) is 4.79 Å². The number of hydrogen-bond acceptors (Lipinski definition) is 4. The lowest BCUT2D eigenvalue weighted by atomic mass is 9.93. The molecule has 0 heterocycles. The van der Waals surface area contributed by atoms with E-state index in [4.69, 9.17) is 0 Å². The fourth-order valence-electron chi connectivity index (χ4n) is 3.85. The van der Waals surface area contributed by atoms with E-state index >= 15 is 0 Å². The fourth-order valence-corrected chi connectivity index (χ4v) is 3.85. The Labute approximate surface area is 159 Å². The second-order valence-electron chi connectivity index (χ2n) is 7.58. The number of carbonyl (C=O) groups excluding carboxylic acids is 2. The normalized spacial score (nSPS) is 31.7. The lowest BCUT2D eigenvalue weighted by molar-refractivity contribution is -0.144. The summed E-state index contributed by atoms with van der Waals surface area (Å²) in [6, 6.07) is 0. The van der Waals surface area contributed by atoms with Gasteiger partial charge in [0, 0.05) is 12.5 Å². The number of allylic oxidation sites excluding steroid dienone is 1. The van der Waals surface area contributed by atoms with Crippen LogP contribution in [0.2, 0.25) is 0 Å². The Morgan fingerprint density at radius 1 is 1.07 bits per heavy atom. The van der Waals surface area contributed by atoms with Gasteiger partial charge in [0.05, 0.1) is 17.9 Å². The Kier molecular flexibility index (Phi) is 7.18. The molecule has 2 amide bonds. The number of carbonyl (C=O) groups is 3. The first-order valence-electron chi connectivity index (χ1n) is 9.60. The highest BCUT2D eigenvalue weighted by Crippen LogP contribution is 2.45. The van der Waals surface area contributed by atoms with Crippen molar-refractivity contribution in [1.82, 2.24) is 10.6 Å². The molecule has 2 fully saturated rings. The number of carboxylic acids is 1. The van der Waals surface area contributed by atoms with Crippen LogP contribution < -0.4 is 10.6 Å². The Balaban J connectivity index is 1.89. The first kappa shape index (κ1) is 21.2. The molecular weight excluding hydrogens is 348 g/mol. The molecule has 4 N–H and O–H groups in total. The van der Waals surface area contributed by atoms with Gasteiger partial charge in [0.15, 0.2) is 0 Å². The van der Waals surface area contributed by atoms with Gasteiger partial charge in [0.1, 0.15) is 5.54 Å². The van der Waals surface area contributed by atoms with E-state index in [1.54, 1.807) is 0 Å². The van der Waals surface area contributed by atoms with Crippen molar-refractivity contribution in [3.63, 3.8) is 0 Å². The smallest absolute Gasteiger partial charge is 0.330 e. The van der Waals surface area contributed by atoms with Gasteiger partial charge in [0.25, 0.3) is 0 Å². The van der Waals surface area contributed by atoms with E-state index in [1.807, 2.05) is 6.08 Å². The highest BCUT2D eigenvalue weighted by molar-refractivity contribution is 5.94. The van der Waals surface area contributed by atoms with Crippen LogP contribution in [0.3, 0.4) is 0 Å². The molecule has 2 saturated carbocycles. The average Bonchev–Trinajstić information content (AvgIpc) is 3.21. The van der Waals surface area contributed by atoms with E-state index in [9.17, 15) is 24.6 Å². The van der Waals surface area contributed by atoms with E-state index < -0.39 is 35.4 Å². The predicted octanol–water partition coefficient (Wildman–Crippen LogP) is 1.38. The highest BCUT2D eigenvalue weighted by Gasteiger charge is 2.61. The van der Waals surface area contributed by atoms with Crippen molar-refractivity contribution in [3.8, 4) is 0 Å². The molecule has 0 aromatic heterocycles. The summed E-state index contributed by atoms with van der Waals surface area (Å²) in [6.45, 7) is 7.79. The summed E-state index contributed by atoms with van der Waals surface area (Å²) in [7, 11) is 0. The summed E-state index contributed by atoms with van der Waals surface area (Å²) < 4.78 is 0. The summed E-state index contributed by atoms with van der Waals surface area (Å²) in [5, 5.41) is 24.8. The first-order valence-corrected chi connectivity index (χ1v) is 9.60. The minimum absolute atomic E-state index is 0.164. The van der Waals surface area contributed by atoms with Gasteiger partial charge in [-0.1, -0.05) is 18.6 Å². The van der Waals surface area contributed by atoms with Crippen LogP contribution in [0.5, 0.6) is 0 Å². The van der Waals surface area contributed by atoms with Crippen molar-refractivity contribution in [1.29, 1.82) is 0 Å². The van der Waals surface area contributed by atoms with Crippen molar-refractivity contribution in [2.75, 3.05) is 6.54 Å². The van der Waals surface area contributed by atoms with Gasteiger partial charge in [-0.3, -0.25) is 9.59 Å². The van der Waals surface area contributed by atoms with E-state index in [-0.39, 0.29) is 24.7 Å². The monoisotopic (exact) mass is 378 g/mol. The standard InChI is InChI=1S/C20H30N2O5/c1-3-5-6-7-8-9-21-17(24)15-10-14(23)11-16(15)18(25)22-20(19(26)27)12-13(20)4-2/h3-4,13-16,23H,1-2,5-12H2,(H,21,24)(H,22,25)(H,26,27). The number of aliphatic carboxylic acids is 1. The van der Waals surface area contributed by atoms with Crippen LogP contribution >= 0.6 is 0 Å². The Bertz CT molecular complexity index is 605. The molecule has 2 aliphatic rings. The molecule has 7 heteroatoms. The Hall–Kier alpha value is -2.15. The van der Waals surface area contributed by atoms with Crippen LogP contribution in [0, 0.1) is 17.8 Å².